The Morgan fingerprint density at radius 1 is 0.401 bits per heavy atom. The van der Waals surface area contributed by atoms with Crippen LogP contribution in [0.2, 0.25) is 0 Å². The van der Waals surface area contributed by atoms with Gasteiger partial charge >= 0.3 is 6.18 Å². The fourth-order valence-electron chi connectivity index (χ4n) is 14.1. The molecule has 0 radical (unpaired) electrons. The molecule has 147 heavy (non-hydrogen) atoms. The van der Waals surface area contributed by atoms with E-state index in [4.69, 9.17) is 138 Å². The number of piperazine rings is 1. The Hall–Kier alpha value is -8.18. The van der Waals surface area contributed by atoms with E-state index in [1.165, 1.54) is 12.1 Å². The van der Waals surface area contributed by atoms with E-state index in [0.717, 1.165) is 60.2 Å². The smallest absolute Gasteiger partial charge is 0.379 e. The van der Waals surface area contributed by atoms with Crippen LogP contribution in [0.3, 0.4) is 0 Å². The lowest BCUT2D eigenvalue weighted by Gasteiger charge is -2.35. The number of imidazole rings is 1. The number of hydrogen-bond donors (Lipinski definition) is 3. The first-order valence-electron chi connectivity index (χ1n) is 51.0. The van der Waals surface area contributed by atoms with Gasteiger partial charge in [-0.3, -0.25) is 24.4 Å². The lowest BCUT2D eigenvalue weighted by atomic mass is 9.95. The normalized spacial score (nSPS) is 13.3. The van der Waals surface area contributed by atoms with Gasteiger partial charge in [-0.1, -0.05) is 18.1 Å². The van der Waals surface area contributed by atoms with E-state index in [1.54, 1.807) is 58.3 Å². The van der Waals surface area contributed by atoms with E-state index >= 15 is 0 Å². The van der Waals surface area contributed by atoms with Crippen LogP contribution < -0.4 is 15.5 Å². The van der Waals surface area contributed by atoms with Crippen LogP contribution in [0.4, 0.5) is 24.7 Å². The zero-order valence-electron chi connectivity index (χ0n) is 85.9. The molecule has 3 amide bonds. The summed E-state index contributed by atoms with van der Waals surface area (Å²) in [6.45, 7) is 32.3. The molecule has 2 aliphatic heterocycles. The van der Waals surface area contributed by atoms with Gasteiger partial charge in [0.15, 0.2) is 5.65 Å². The summed E-state index contributed by atoms with van der Waals surface area (Å²) in [6, 6.07) is 16.4. The fourth-order valence-corrected chi connectivity index (χ4v) is 14.1. The lowest BCUT2D eigenvalue weighted by Crippen LogP contribution is -2.48. The highest BCUT2D eigenvalue weighted by molar-refractivity contribution is 6.04. The van der Waals surface area contributed by atoms with Crippen molar-refractivity contribution in [3.63, 3.8) is 0 Å². The van der Waals surface area contributed by atoms with E-state index in [2.05, 4.69) is 53.7 Å². The minimum atomic E-state index is -4.67. The molecule has 2 aromatic carbocycles. The van der Waals surface area contributed by atoms with E-state index < -0.39 is 17.6 Å². The van der Waals surface area contributed by atoms with Gasteiger partial charge in [0.05, 0.1) is 394 Å². The standard InChI is InChI=1S/C102H158F3N11O31/c1-86-80-94(96-11-16-109-112-96)99(108-83-86)115-18-12-88(13-19-115)100(118)106-17-25-121-27-29-123-31-33-125-35-37-127-39-41-129-43-45-131-47-49-133-51-53-135-55-57-137-59-61-139-63-65-141-67-69-143-71-73-145-75-77-147-79-78-146-76-74-144-72-70-142-68-66-140-64-62-138-60-58-136-56-54-134-52-50-132-48-46-130-44-42-128-40-38-126-36-34-124-32-30-122-28-26-120-24-14-98(117)114-22-20-113(21-23-114)85-91-7-9-92(82-95(91)102(103,104)105)111-101(119)90-6-5-87(2)89(81-90)8-10-93-84-107-97-4-3-15-110-116(93)97/h3-7,9,11,15-16,80-84,88H,12-14,17-79,85H2,1-2H3,(H,106,118)(H,109,112)(H,111,119). The molecule has 45 heteroatoms. The molecule has 3 N–H and O–H groups in total. The summed E-state index contributed by atoms with van der Waals surface area (Å²) in [4.78, 5) is 53.9. The third-order valence-corrected chi connectivity index (χ3v) is 21.9. The molecule has 0 saturated carbocycles. The number of carbonyl (C=O) groups is 3. The van der Waals surface area contributed by atoms with E-state index in [9.17, 15) is 27.6 Å². The third-order valence-electron chi connectivity index (χ3n) is 21.9. The molecular formula is C102H158F3N11O31. The number of amides is 3. The number of ether oxygens (including phenoxy) is 28. The number of alkyl halides is 3. The minimum absolute atomic E-state index is 0.00453. The number of aryl methyl sites for hydroxylation is 2. The molecular weight excluding hydrogens is 1930 g/mol. The van der Waals surface area contributed by atoms with Crippen LogP contribution in [-0.2, 0) is 155 Å². The molecule has 2 aliphatic rings. The summed E-state index contributed by atoms with van der Waals surface area (Å²) in [5.74, 6) is 6.38. The second-order valence-electron chi connectivity index (χ2n) is 33.0. The number of nitrogens with one attached hydrogen (secondary N) is 3. The van der Waals surface area contributed by atoms with Crippen molar-refractivity contribution in [3.05, 3.63) is 125 Å². The maximum atomic E-state index is 14.5. The van der Waals surface area contributed by atoms with E-state index in [1.807, 2.05) is 31.0 Å². The highest BCUT2D eigenvalue weighted by Crippen LogP contribution is 2.36. The Morgan fingerprint density at radius 2 is 0.776 bits per heavy atom. The SMILES string of the molecule is Cc1cnc(N2CCC(C(=O)NCCOCCOCCOCCOCCOCCOCCOCCOCCOCCOCCOCCOCCOCCOCCOCCOCCOCCOCCOCCOCCOCCOCCOCCOCCOCCOCCOCCOCCC(=O)N3CCN(Cc4ccc(NC(=O)c5ccc(C)c(C#Cc6cnc7cccnn67)c5)cc4C(F)(F)F)CC3)CC2)c(-c2ccn[nH]2)c1. The first-order chi connectivity index (χ1) is 72.4. The molecule has 2 saturated heterocycles. The molecule has 0 aliphatic carbocycles. The van der Waals surface area contributed by atoms with Gasteiger partial charge in [-0.15, -0.1) is 0 Å². The summed E-state index contributed by atoms with van der Waals surface area (Å²) in [5.41, 5.74) is 5.08. The number of rotatable bonds is 94. The van der Waals surface area contributed by atoms with E-state index in [0.29, 0.717) is 413 Å². The van der Waals surface area contributed by atoms with Crippen LogP contribution in [0.5, 0.6) is 0 Å². The first-order valence-corrected chi connectivity index (χ1v) is 51.0. The lowest BCUT2D eigenvalue weighted by molar-refractivity contribution is -0.138. The average Bonchev–Trinajstić information content (AvgIpc) is 1.52. The summed E-state index contributed by atoms with van der Waals surface area (Å²) in [7, 11) is 0. The Kier molecular flexibility index (Phi) is 70.4. The number of halogens is 3. The van der Waals surface area contributed by atoms with E-state index in [-0.39, 0.29) is 54.1 Å². The number of benzene rings is 2. The number of H-pyrrole nitrogens is 1. The summed E-state index contributed by atoms with van der Waals surface area (Å²) >= 11 is 0. The summed E-state index contributed by atoms with van der Waals surface area (Å²) in [6.07, 6.45) is 3.87. The largest absolute Gasteiger partial charge is 0.416 e. The maximum absolute atomic E-state index is 14.5. The number of hydrogen-bond acceptors (Lipinski definition) is 37. The van der Waals surface area contributed by atoms with Crippen molar-refractivity contribution in [3.8, 4) is 23.1 Å². The number of fused-ring (bicyclic) bond motifs is 1. The maximum Gasteiger partial charge on any atom is 0.416 e. The van der Waals surface area contributed by atoms with Gasteiger partial charge in [0.1, 0.15) is 11.5 Å². The number of aromatic amines is 1. The Labute approximate surface area is 861 Å². The van der Waals surface area contributed by atoms with Gasteiger partial charge in [-0.05, 0) is 97.8 Å². The second kappa shape index (κ2) is 83.5. The zero-order chi connectivity index (χ0) is 103. The third kappa shape index (κ3) is 59.4. The molecule has 42 nitrogen and oxygen atoms in total. The van der Waals surface area contributed by atoms with Gasteiger partial charge in [-0.2, -0.15) is 23.4 Å². The summed E-state index contributed by atoms with van der Waals surface area (Å²) in [5, 5.41) is 17.0. The topological polar surface area (TPSA) is 415 Å². The van der Waals surface area contributed by atoms with Gasteiger partial charge in [0, 0.05) is 99.2 Å². The molecule has 0 atom stereocenters. The molecule has 8 rings (SSSR count). The Morgan fingerprint density at radius 3 is 1.14 bits per heavy atom. The van der Waals surface area contributed by atoms with Crippen molar-refractivity contribution < 1.29 is 160 Å². The zero-order valence-corrected chi connectivity index (χ0v) is 85.9. The average molecular weight is 2090 g/mol. The summed E-state index contributed by atoms with van der Waals surface area (Å²) < 4.78 is 201. The van der Waals surface area contributed by atoms with Crippen LogP contribution in [0.25, 0.3) is 16.9 Å². The quantitative estimate of drug-likeness (QED) is 0.0277. The number of anilines is 2. The van der Waals surface area contributed by atoms with Gasteiger partial charge in [0.25, 0.3) is 5.91 Å². The fraction of sp³-hybridized carbons (Fsp3) is 0.696. The van der Waals surface area contributed by atoms with Crippen molar-refractivity contribution in [1.82, 2.24) is 44.9 Å². The van der Waals surface area contributed by atoms with Crippen LogP contribution in [0.15, 0.2) is 85.5 Å². The van der Waals surface area contributed by atoms with Crippen LogP contribution in [0.1, 0.15) is 63.1 Å². The van der Waals surface area contributed by atoms with Crippen molar-refractivity contribution >= 4 is 34.9 Å². The predicted octanol–water partition coefficient (Wildman–Crippen LogP) is 6.33. The number of carbonyl (C=O) groups excluding carboxylic acids is 3. The second-order valence-corrected chi connectivity index (χ2v) is 33.0. The van der Waals surface area contributed by atoms with Crippen molar-refractivity contribution in [2.45, 2.75) is 45.8 Å². The highest BCUT2D eigenvalue weighted by atomic mass is 19.4. The molecule has 828 valence electrons. The van der Waals surface area contributed by atoms with Gasteiger partial charge in [-0.25, -0.2) is 14.5 Å². The molecule has 0 bridgehead atoms. The van der Waals surface area contributed by atoms with Crippen molar-refractivity contribution in [2.24, 2.45) is 5.92 Å². The van der Waals surface area contributed by atoms with Gasteiger partial charge < -0.3 is 153 Å². The number of pyridine rings is 1. The van der Waals surface area contributed by atoms with Crippen LogP contribution >= 0.6 is 0 Å². The monoisotopic (exact) mass is 2090 g/mol. The molecule has 0 spiro atoms. The Balaban J connectivity index is 0.424. The molecule has 2 fully saturated rings. The molecule has 0 unspecified atom stereocenters. The Bertz CT molecular complexity index is 4350. The van der Waals surface area contributed by atoms with Gasteiger partial charge in [0.2, 0.25) is 11.8 Å². The number of aromatic nitrogens is 6. The number of nitrogens with zero attached hydrogens (tertiary/aromatic N) is 8. The predicted molar refractivity (Wildman–Crippen MR) is 533 cm³/mol. The van der Waals surface area contributed by atoms with Crippen LogP contribution in [-0.4, -0.2) is 473 Å². The van der Waals surface area contributed by atoms with Crippen molar-refractivity contribution in [1.29, 1.82) is 0 Å². The molecule has 4 aromatic heterocycles. The molecule has 6 aromatic rings. The van der Waals surface area contributed by atoms with Crippen LogP contribution in [0, 0.1) is 31.6 Å². The highest BCUT2D eigenvalue weighted by Gasteiger charge is 2.35. The molecule has 6 heterocycles. The number of piperidine rings is 1. The first kappa shape index (κ1) is 124. The minimum Gasteiger partial charge on any atom is -0.379 e. The van der Waals surface area contributed by atoms with Crippen molar-refractivity contribution in [2.75, 3.05) is 426 Å².